The molecule has 2 fully saturated rings. The standard InChI is InChI=1S/C16H16N2O3S/c19-15(12-2-1-7-21-12)17-14-6-5-13(22-14)16(20)18-9-10-3-4-11(18)8-10/h1-2,5-7,10-11H,3-4,8-9H2,(H,17,19)/t10-,11-/m0/s1. The zero-order chi connectivity index (χ0) is 15.1. The molecule has 4 rings (SSSR count). The van der Waals surface area contributed by atoms with Crippen LogP contribution < -0.4 is 5.32 Å². The van der Waals surface area contributed by atoms with Crippen molar-refractivity contribution in [2.45, 2.75) is 25.3 Å². The summed E-state index contributed by atoms with van der Waals surface area (Å²) in [6.07, 6.45) is 4.99. The Bertz CT molecular complexity index is 707. The molecular formula is C16H16N2O3S. The van der Waals surface area contributed by atoms with Crippen LogP contribution in [0.2, 0.25) is 0 Å². The average molecular weight is 316 g/mol. The van der Waals surface area contributed by atoms with Crippen LogP contribution in [0.15, 0.2) is 34.9 Å². The molecule has 1 saturated heterocycles. The van der Waals surface area contributed by atoms with Gasteiger partial charge in [-0.15, -0.1) is 11.3 Å². The van der Waals surface area contributed by atoms with Crippen molar-refractivity contribution >= 4 is 28.2 Å². The summed E-state index contributed by atoms with van der Waals surface area (Å²) in [6, 6.07) is 7.25. The van der Waals surface area contributed by atoms with Crippen molar-refractivity contribution in [1.29, 1.82) is 0 Å². The van der Waals surface area contributed by atoms with E-state index in [1.165, 1.54) is 24.0 Å². The summed E-state index contributed by atoms with van der Waals surface area (Å²) in [6.45, 7) is 0.884. The van der Waals surface area contributed by atoms with Crippen molar-refractivity contribution in [3.8, 4) is 0 Å². The number of anilines is 1. The Balaban J connectivity index is 1.45. The van der Waals surface area contributed by atoms with Crippen molar-refractivity contribution in [2.75, 3.05) is 11.9 Å². The van der Waals surface area contributed by atoms with Gasteiger partial charge in [0.2, 0.25) is 0 Å². The first-order chi connectivity index (χ1) is 10.7. The molecule has 3 heterocycles. The Hall–Kier alpha value is -2.08. The van der Waals surface area contributed by atoms with Crippen molar-refractivity contribution in [1.82, 2.24) is 4.90 Å². The highest BCUT2D eigenvalue weighted by Crippen LogP contribution is 2.38. The third kappa shape index (κ3) is 2.33. The molecule has 2 amide bonds. The zero-order valence-corrected chi connectivity index (χ0v) is 12.8. The summed E-state index contributed by atoms with van der Waals surface area (Å²) in [5, 5.41) is 3.42. The van der Waals surface area contributed by atoms with Gasteiger partial charge in [0.25, 0.3) is 11.8 Å². The zero-order valence-electron chi connectivity index (χ0n) is 12.0. The Morgan fingerprint density at radius 1 is 1.27 bits per heavy atom. The van der Waals surface area contributed by atoms with Crippen LogP contribution in [0.5, 0.6) is 0 Å². The molecule has 2 atom stereocenters. The summed E-state index contributed by atoms with van der Waals surface area (Å²) in [4.78, 5) is 27.2. The smallest absolute Gasteiger partial charge is 0.291 e. The second kappa shape index (κ2) is 5.28. The number of hydrogen-bond acceptors (Lipinski definition) is 4. The molecule has 2 bridgehead atoms. The van der Waals surface area contributed by atoms with Crippen LogP contribution in [-0.4, -0.2) is 29.3 Å². The van der Waals surface area contributed by atoms with Crippen LogP contribution in [0.1, 0.15) is 39.5 Å². The number of hydrogen-bond donors (Lipinski definition) is 1. The van der Waals surface area contributed by atoms with Crippen LogP contribution in [0.4, 0.5) is 5.00 Å². The third-order valence-corrected chi connectivity index (χ3v) is 5.46. The van der Waals surface area contributed by atoms with Crippen LogP contribution >= 0.6 is 11.3 Å². The molecule has 1 N–H and O–H groups in total. The van der Waals surface area contributed by atoms with E-state index in [1.54, 1.807) is 24.3 Å². The molecule has 114 valence electrons. The number of furan rings is 1. The van der Waals surface area contributed by atoms with E-state index in [0.717, 1.165) is 19.4 Å². The average Bonchev–Trinajstić information content (AvgIpc) is 3.28. The lowest BCUT2D eigenvalue weighted by Gasteiger charge is -2.26. The van der Waals surface area contributed by atoms with Gasteiger partial charge < -0.3 is 14.6 Å². The van der Waals surface area contributed by atoms with Gasteiger partial charge in [-0.1, -0.05) is 0 Å². The maximum absolute atomic E-state index is 12.6. The molecule has 22 heavy (non-hydrogen) atoms. The largest absolute Gasteiger partial charge is 0.459 e. The first-order valence-corrected chi connectivity index (χ1v) is 8.28. The summed E-state index contributed by atoms with van der Waals surface area (Å²) < 4.78 is 5.05. The van der Waals surface area contributed by atoms with E-state index in [-0.39, 0.29) is 17.6 Å². The number of piperidine rings is 1. The van der Waals surface area contributed by atoms with Crippen molar-refractivity contribution < 1.29 is 14.0 Å². The lowest BCUT2D eigenvalue weighted by molar-refractivity contribution is 0.0708. The Morgan fingerprint density at radius 3 is 2.86 bits per heavy atom. The summed E-state index contributed by atoms with van der Waals surface area (Å²) in [5.74, 6) is 0.743. The predicted octanol–water partition coefficient (Wildman–Crippen LogP) is 3.22. The fourth-order valence-electron chi connectivity index (χ4n) is 3.42. The van der Waals surface area contributed by atoms with Gasteiger partial charge in [0.15, 0.2) is 5.76 Å². The Labute approximate surface area is 131 Å². The van der Waals surface area contributed by atoms with Crippen LogP contribution in [0.3, 0.4) is 0 Å². The van der Waals surface area contributed by atoms with E-state index < -0.39 is 0 Å². The molecule has 1 saturated carbocycles. The molecule has 2 aromatic heterocycles. The number of nitrogens with one attached hydrogen (secondary N) is 1. The van der Waals surface area contributed by atoms with E-state index in [4.69, 9.17) is 4.42 Å². The number of amides is 2. The number of nitrogens with zero attached hydrogens (tertiary/aromatic N) is 1. The fourth-order valence-corrected chi connectivity index (χ4v) is 4.27. The molecule has 6 heteroatoms. The molecule has 1 aliphatic heterocycles. The van der Waals surface area contributed by atoms with Gasteiger partial charge in [-0.3, -0.25) is 9.59 Å². The van der Waals surface area contributed by atoms with Crippen molar-refractivity contribution in [3.63, 3.8) is 0 Å². The summed E-state index contributed by atoms with van der Waals surface area (Å²) in [5.41, 5.74) is 0. The topological polar surface area (TPSA) is 62.6 Å². The third-order valence-electron chi connectivity index (χ3n) is 4.47. The summed E-state index contributed by atoms with van der Waals surface area (Å²) >= 11 is 1.32. The second-order valence-electron chi connectivity index (χ2n) is 5.89. The molecule has 5 nitrogen and oxygen atoms in total. The quantitative estimate of drug-likeness (QED) is 0.945. The molecule has 0 spiro atoms. The van der Waals surface area contributed by atoms with Gasteiger partial charge in [-0.2, -0.15) is 0 Å². The monoisotopic (exact) mass is 316 g/mol. The van der Waals surface area contributed by atoms with Crippen LogP contribution in [0, 0.1) is 5.92 Å². The molecular weight excluding hydrogens is 300 g/mol. The first kappa shape index (κ1) is 13.6. The molecule has 1 aliphatic carbocycles. The highest BCUT2D eigenvalue weighted by molar-refractivity contribution is 7.18. The van der Waals surface area contributed by atoms with E-state index in [1.807, 2.05) is 4.90 Å². The van der Waals surface area contributed by atoms with Gasteiger partial charge in [-0.25, -0.2) is 0 Å². The SMILES string of the molecule is O=C(Nc1ccc(C(=O)N2C[C@H]3CC[C@H]2C3)s1)c1ccco1. The lowest BCUT2D eigenvalue weighted by atomic mass is 10.1. The molecule has 0 unspecified atom stereocenters. The number of rotatable bonds is 3. The number of fused-ring (bicyclic) bond motifs is 2. The normalized spacial score (nSPS) is 23.0. The van der Waals surface area contributed by atoms with E-state index in [9.17, 15) is 9.59 Å². The molecule has 2 aliphatic rings. The van der Waals surface area contributed by atoms with Crippen molar-refractivity contribution in [3.05, 3.63) is 41.2 Å². The van der Waals surface area contributed by atoms with Gasteiger partial charge in [0, 0.05) is 12.6 Å². The van der Waals surface area contributed by atoms with Crippen LogP contribution in [-0.2, 0) is 0 Å². The number of carbonyl (C=O) groups excluding carboxylic acids is 2. The minimum atomic E-state index is -0.300. The fraction of sp³-hybridized carbons (Fsp3) is 0.375. The number of thiophene rings is 1. The maximum atomic E-state index is 12.6. The number of carbonyl (C=O) groups is 2. The van der Waals surface area contributed by atoms with E-state index in [2.05, 4.69) is 5.32 Å². The van der Waals surface area contributed by atoms with E-state index >= 15 is 0 Å². The second-order valence-corrected chi connectivity index (χ2v) is 6.97. The molecule has 0 aromatic carbocycles. The molecule has 2 aromatic rings. The highest BCUT2D eigenvalue weighted by Gasteiger charge is 2.40. The molecule has 0 radical (unpaired) electrons. The van der Waals surface area contributed by atoms with Gasteiger partial charge in [0.1, 0.15) is 0 Å². The Kier molecular flexibility index (Phi) is 3.26. The highest BCUT2D eigenvalue weighted by atomic mass is 32.1. The Morgan fingerprint density at radius 2 is 2.18 bits per heavy atom. The minimum Gasteiger partial charge on any atom is -0.459 e. The van der Waals surface area contributed by atoms with Crippen molar-refractivity contribution in [2.24, 2.45) is 5.92 Å². The van der Waals surface area contributed by atoms with Gasteiger partial charge in [0.05, 0.1) is 16.1 Å². The summed E-state index contributed by atoms with van der Waals surface area (Å²) in [7, 11) is 0. The maximum Gasteiger partial charge on any atom is 0.291 e. The first-order valence-electron chi connectivity index (χ1n) is 7.46. The lowest BCUT2D eigenvalue weighted by Crippen LogP contribution is -2.37. The predicted molar refractivity (Wildman–Crippen MR) is 83.1 cm³/mol. The number of likely N-dealkylation sites (tertiary alicyclic amines) is 1. The van der Waals surface area contributed by atoms with Gasteiger partial charge in [-0.05, 0) is 49.4 Å². The van der Waals surface area contributed by atoms with Gasteiger partial charge >= 0.3 is 0 Å². The van der Waals surface area contributed by atoms with Crippen LogP contribution in [0.25, 0.3) is 0 Å². The van der Waals surface area contributed by atoms with E-state index in [0.29, 0.717) is 21.8 Å². The minimum absolute atomic E-state index is 0.0932.